The molecule has 1 fully saturated rings. The van der Waals surface area contributed by atoms with Crippen molar-refractivity contribution in [2.75, 3.05) is 13.1 Å². The highest BCUT2D eigenvalue weighted by atomic mass is 35.5. The van der Waals surface area contributed by atoms with Gasteiger partial charge in [-0.15, -0.1) is 0 Å². The van der Waals surface area contributed by atoms with Gasteiger partial charge in [0, 0.05) is 17.2 Å². The van der Waals surface area contributed by atoms with Crippen LogP contribution in [0.2, 0.25) is 5.02 Å². The number of H-pyrrole nitrogens is 1. The zero-order valence-corrected chi connectivity index (χ0v) is 14.8. The van der Waals surface area contributed by atoms with Gasteiger partial charge in [0.15, 0.2) is 5.82 Å². The summed E-state index contributed by atoms with van der Waals surface area (Å²) in [6, 6.07) is 9.93. The summed E-state index contributed by atoms with van der Waals surface area (Å²) in [6.45, 7) is 4.58. The third kappa shape index (κ3) is 3.60. The van der Waals surface area contributed by atoms with Gasteiger partial charge in [-0.2, -0.15) is 10.1 Å². The second kappa shape index (κ2) is 6.98. The summed E-state index contributed by atoms with van der Waals surface area (Å²) in [7, 11) is 0. The molecule has 0 unspecified atom stereocenters. The van der Waals surface area contributed by atoms with Gasteiger partial charge in [0.1, 0.15) is 0 Å². The number of nitrogens with one attached hydrogen (secondary N) is 1. The molecule has 2 aromatic heterocycles. The van der Waals surface area contributed by atoms with Gasteiger partial charge in [-0.3, -0.25) is 10.00 Å². The first-order valence-corrected chi connectivity index (χ1v) is 8.88. The van der Waals surface area contributed by atoms with Gasteiger partial charge in [-0.1, -0.05) is 35.0 Å². The molecule has 4 rings (SSSR count). The maximum atomic E-state index is 6.27. The van der Waals surface area contributed by atoms with Gasteiger partial charge in [-0.25, -0.2) is 0 Å². The van der Waals surface area contributed by atoms with Gasteiger partial charge in [0.25, 0.3) is 0 Å². The van der Waals surface area contributed by atoms with Crippen molar-refractivity contribution in [3.05, 3.63) is 52.8 Å². The molecule has 0 spiro atoms. The zero-order chi connectivity index (χ0) is 17.2. The normalized spacial score (nSPS) is 16.4. The fourth-order valence-electron chi connectivity index (χ4n) is 3.35. The van der Waals surface area contributed by atoms with Crippen LogP contribution in [-0.4, -0.2) is 38.3 Å². The Labute approximate surface area is 151 Å². The quantitative estimate of drug-likeness (QED) is 0.769. The van der Waals surface area contributed by atoms with E-state index in [0.717, 1.165) is 48.8 Å². The highest BCUT2D eigenvalue weighted by molar-refractivity contribution is 6.33. The second-order valence-electron chi connectivity index (χ2n) is 6.47. The number of piperidine rings is 1. The van der Waals surface area contributed by atoms with E-state index in [9.17, 15) is 0 Å². The summed E-state index contributed by atoms with van der Waals surface area (Å²) in [5.41, 5.74) is 3.06. The van der Waals surface area contributed by atoms with Crippen LogP contribution in [0.1, 0.15) is 36.2 Å². The highest BCUT2D eigenvalue weighted by Gasteiger charge is 2.23. The highest BCUT2D eigenvalue weighted by Crippen LogP contribution is 2.31. The molecule has 3 aromatic rings. The summed E-state index contributed by atoms with van der Waals surface area (Å²) in [4.78, 5) is 6.63. The van der Waals surface area contributed by atoms with E-state index >= 15 is 0 Å². The van der Waals surface area contributed by atoms with Crippen molar-refractivity contribution in [3.63, 3.8) is 0 Å². The molecule has 0 saturated carbocycles. The average molecular weight is 358 g/mol. The number of hydrogen-bond acceptors (Lipinski definition) is 5. The summed E-state index contributed by atoms with van der Waals surface area (Å²) >= 11 is 6.27. The molecule has 3 heterocycles. The Morgan fingerprint density at radius 3 is 2.80 bits per heavy atom. The molecule has 1 saturated heterocycles. The average Bonchev–Trinajstić information content (AvgIpc) is 3.25. The van der Waals surface area contributed by atoms with E-state index in [1.807, 2.05) is 31.2 Å². The smallest absolute Gasteiger partial charge is 0.240 e. The Hall–Kier alpha value is -2.18. The Bertz CT molecular complexity index is 851. The van der Waals surface area contributed by atoms with Gasteiger partial charge < -0.3 is 4.52 Å². The number of halogens is 1. The molecule has 1 aromatic carbocycles. The van der Waals surface area contributed by atoms with Gasteiger partial charge in [-0.05, 0) is 45.0 Å². The van der Waals surface area contributed by atoms with E-state index in [1.54, 1.807) is 0 Å². The molecule has 0 amide bonds. The van der Waals surface area contributed by atoms with Crippen molar-refractivity contribution in [1.29, 1.82) is 0 Å². The second-order valence-corrected chi connectivity index (χ2v) is 6.88. The Balaban J connectivity index is 1.39. The molecule has 0 radical (unpaired) electrons. The first kappa shape index (κ1) is 16.3. The van der Waals surface area contributed by atoms with Crippen molar-refractivity contribution >= 4 is 11.6 Å². The van der Waals surface area contributed by atoms with Crippen molar-refractivity contribution in [2.24, 2.45) is 0 Å². The standard InChI is InChI=1S/C18H20ClN5O/c1-12-20-18(25-23-12)11-24-8-6-13(7-9-24)16-10-17(22-21-16)14-4-2-3-5-15(14)19/h2-5,10,13H,6-9,11H2,1H3,(H,21,22). The Kier molecular flexibility index (Phi) is 4.55. The van der Waals surface area contributed by atoms with Crippen molar-refractivity contribution < 1.29 is 4.52 Å². The van der Waals surface area contributed by atoms with Crippen LogP contribution >= 0.6 is 11.6 Å². The summed E-state index contributed by atoms with van der Waals surface area (Å²) in [5.74, 6) is 1.87. The number of aromatic amines is 1. The molecule has 0 atom stereocenters. The fraction of sp³-hybridized carbons (Fsp3) is 0.389. The zero-order valence-electron chi connectivity index (χ0n) is 14.1. The maximum Gasteiger partial charge on any atom is 0.240 e. The van der Waals surface area contributed by atoms with Crippen LogP contribution in [0.5, 0.6) is 0 Å². The number of benzene rings is 1. The predicted molar refractivity (Wildman–Crippen MR) is 95.3 cm³/mol. The van der Waals surface area contributed by atoms with Gasteiger partial charge in [0.05, 0.1) is 17.3 Å². The number of aromatic nitrogens is 4. The molecule has 1 aliphatic heterocycles. The van der Waals surface area contributed by atoms with Crippen LogP contribution < -0.4 is 0 Å². The third-order valence-electron chi connectivity index (χ3n) is 4.70. The monoisotopic (exact) mass is 357 g/mol. The first-order chi connectivity index (χ1) is 12.2. The van der Waals surface area contributed by atoms with Crippen molar-refractivity contribution in [2.45, 2.75) is 32.2 Å². The van der Waals surface area contributed by atoms with Crippen molar-refractivity contribution in [1.82, 2.24) is 25.2 Å². The van der Waals surface area contributed by atoms with Gasteiger partial charge in [0.2, 0.25) is 5.89 Å². The number of rotatable bonds is 4. The molecule has 25 heavy (non-hydrogen) atoms. The molecule has 0 aliphatic carbocycles. The van der Waals surface area contributed by atoms with Crippen molar-refractivity contribution in [3.8, 4) is 11.3 Å². The van der Waals surface area contributed by atoms with E-state index in [4.69, 9.17) is 16.1 Å². The molecule has 7 heteroatoms. The van der Waals surface area contributed by atoms with Crippen LogP contribution in [0.4, 0.5) is 0 Å². The topological polar surface area (TPSA) is 70.8 Å². The number of hydrogen-bond donors (Lipinski definition) is 1. The van der Waals surface area contributed by atoms with E-state index in [0.29, 0.717) is 17.6 Å². The number of likely N-dealkylation sites (tertiary alicyclic amines) is 1. The van der Waals surface area contributed by atoms with E-state index in [1.165, 1.54) is 5.69 Å². The Morgan fingerprint density at radius 1 is 1.28 bits per heavy atom. The number of aryl methyl sites for hydroxylation is 1. The predicted octanol–water partition coefficient (Wildman–Crippen LogP) is 3.80. The largest absolute Gasteiger partial charge is 0.338 e. The third-order valence-corrected chi connectivity index (χ3v) is 5.03. The summed E-state index contributed by atoms with van der Waals surface area (Å²) in [5, 5.41) is 12.2. The maximum absolute atomic E-state index is 6.27. The van der Waals surface area contributed by atoms with Gasteiger partial charge >= 0.3 is 0 Å². The van der Waals surface area contributed by atoms with E-state index in [-0.39, 0.29) is 0 Å². The van der Waals surface area contributed by atoms with E-state index in [2.05, 4.69) is 31.3 Å². The minimum atomic E-state index is 0.490. The lowest BCUT2D eigenvalue weighted by Crippen LogP contribution is -2.32. The van der Waals surface area contributed by atoms with Crippen LogP contribution in [0.25, 0.3) is 11.3 Å². The molecule has 1 aliphatic rings. The minimum absolute atomic E-state index is 0.490. The molecule has 0 bridgehead atoms. The first-order valence-electron chi connectivity index (χ1n) is 8.51. The van der Waals surface area contributed by atoms with Crippen LogP contribution in [0, 0.1) is 6.92 Å². The molecule has 1 N–H and O–H groups in total. The Morgan fingerprint density at radius 2 is 2.08 bits per heavy atom. The molecule has 130 valence electrons. The number of nitrogens with zero attached hydrogens (tertiary/aromatic N) is 4. The fourth-order valence-corrected chi connectivity index (χ4v) is 3.58. The lowest BCUT2D eigenvalue weighted by atomic mass is 9.93. The van der Waals surface area contributed by atoms with E-state index < -0.39 is 0 Å². The summed E-state index contributed by atoms with van der Waals surface area (Å²) in [6.07, 6.45) is 2.16. The minimum Gasteiger partial charge on any atom is -0.338 e. The molecule has 6 nitrogen and oxygen atoms in total. The van der Waals surface area contributed by atoms with Crippen LogP contribution in [-0.2, 0) is 6.54 Å². The molecular formula is C18H20ClN5O. The lowest BCUT2D eigenvalue weighted by molar-refractivity contribution is 0.180. The SMILES string of the molecule is Cc1noc(CN2CCC(c3cc(-c4ccccc4Cl)n[nH]3)CC2)n1. The summed E-state index contributed by atoms with van der Waals surface area (Å²) < 4.78 is 5.21. The molecular weight excluding hydrogens is 338 g/mol. The van der Waals surface area contributed by atoms with Crippen LogP contribution in [0.15, 0.2) is 34.9 Å². The van der Waals surface area contributed by atoms with Crippen LogP contribution in [0.3, 0.4) is 0 Å². The lowest BCUT2D eigenvalue weighted by Gasteiger charge is -2.30.